The van der Waals surface area contributed by atoms with E-state index >= 15 is 0 Å². The molecule has 1 amide bonds. The number of imidazole rings is 1. The lowest BCUT2D eigenvalue weighted by atomic mass is 10.0. The smallest absolute Gasteiger partial charge is 0.269 e. The summed E-state index contributed by atoms with van der Waals surface area (Å²) in [6.45, 7) is 9.63. The summed E-state index contributed by atoms with van der Waals surface area (Å²) in [5.74, 6) is -0.133. The first kappa shape index (κ1) is 22.9. The Balaban J connectivity index is 1.82. The van der Waals surface area contributed by atoms with Crippen LogP contribution in [0.15, 0.2) is 36.5 Å². The fraction of sp³-hybridized carbons (Fsp3) is 0.417. The predicted octanol–water partition coefficient (Wildman–Crippen LogP) is 2.98. The molecular weight excluding hydrogens is 392 g/mol. The van der Waals surface area contributed by atoms with Crippen molar-refractivity contribution in [3.05, 3.63) is 70.2 Å². The monoisotopic (exact) mass is 424 g/mol. The van der Waals surface area contributed by atoms with E-state index in [0.29, 0.717) is 25.3 Å². The molecule has 0 radical (unpaired) electrons. The van der Waals surface area contributed by atoms with Gasteiger partial charge < -0.3 is 14.2 Å². The third-order valence-electron chi connectivity index (χ3n) is 5.62. The molecule has 7 nitrogen and oxygen atoms in total. The molecule has 2 aromatic heterocycles. The molecule has 0 fully saturated rings. The van der Waals surface area contributed by atoms with Crippen LogP contribution in [0.25, 0.3) is 5.65 Å². The lowest BCUT2D eigenvalue weighted by molar-refractivity contribution is 0.0443. The van der Waals surface area contributed by atoms with Gasteiger partial charge in [0.2, 0.25) is 0 Å². The molecule has 31 heavy (non-hydrogen) atoms. The number of carbonyl (C=O) groups excluding carboxylic acids is 1. The maximum atomic E-state index is 13.4. The number of amides is 1. The Kier molecular flexibility index (Phi) is 7.79. The van der Waals surface area contributed by atoms with Crippen LogP contribution in [0.4, 0.5) is 0 Å². The highest BCUT2D eigenvalue weighted by Gasteiger charge is 2.18. The SMILES string of the molecule is CCc1cccc(C)c1CNN(CCOCCO)C(=O)c1ccc2nc(C)c(C)n2c1. The summed E-state index contributed by atoms with van der Waals surface area (Å²) in [6.07, 6.45) is 2.77. The molecule has 166 valence electrons. The van der Waals surface area contributed by atoms with Crippen LogP contribution in [-0.4, -0.2) is 51.8 Å². The number of aliphatic hydroxyl groups is 1. The van der Waals surface area contributed by atoms with E-state index in [1.54, 1.807) is 11.1 Å². The quantitative estimate of drug-likeness (QED) is 0.386. The second-order valence-electron chi connectivity index (χ2n) is 7.62. The lowest BCUT2D eigenvalue weighted by Crippen LogP contribution is -2.44. The summed E-state index contributed by atoms with van der Waals surface area (Å²) in [7, 11) is 0. The van der Waals surface area contributed by atoms with Gasteiger partial charge in [-0.25, -0.2) is 10.4 Å². The van der Waals surface area contributed by atoms with Crippen molar-refractivity contribution in [3.8, 4) is 0 Å². The van der Waals surface area contributed by atoms with Gasteiger partial charge in [0.1, 0.15) is 5.65 Å². The highest BCUT2D eigenvalue weighted by molar-refractivity contribution is 5.94. The van der Waals surface area contributed by atoms with E-state index < -0.39 is 0 Å². The normalized spacial score (nSPS) is 11.3. The zero-order valence-electron chi connectivity index (χ0n) is 18.8. The van der Waals surface area contributed by atoms with E-state index in [2.05, 4.69) is 42.5 Å². The maximum Gasteiger partial charge on any atom is 0.269 e. The molecule has 0 aliphatic carbocycles. The van der Waals surface area contributed by atoms with Crippen LogP contribution in [0.3, 0.4) is 0 Å². The first-order valence-electron chi connectivity index (χ1n) is 10.7. The van der Waals surface area contributed by atoms with Gasteiger partial charge >= 0.3 is 0 Å². The summed E-state index contributed by atoms with van der Waals surface area (Å²) >= 11 is 0. The number of ether oxygens (including phenoxy) is 1. The van der Waals surface area contributed by atoms with Gasteiger partial charge in [0.15, 0.2) is 0 Å². The summed E-state index contributed by atoms with van der Waals surface area (Å²) in [6, 6.07) is 9.94. The van der Waals surface area contributed by atoms with Gasteiger partial charge in [0, 0.05) is 18.4 Å². The summed E-state index contributed by atoms with van der Waals surface area (Å²) in [4.78, 5) is 17.9. The molecule has 0 aliphatic rings. The van der Waals surface area contributed by atoms with Crippen LogP contribution in [-0.2, 0) is 17.7 Å². The van der Waals surface area contributed by atoms with Crippen molar-refractivity contribution in [2.75, 3.05) is 26.4 Å². The Morgan fingerprint density at radius 3 is 2.74 bits per heavy atom. The molecule has 0 atom stereocenters. The van der Waals surface area contributed by atoms with Crippen LogP contribution >= 0.6 is 0 Å². The molecule has 0 aliphatic heterocycles. The highest BCUT2D eigenvalue weighted by atomic mass is 16.5. The Hall–Kier alpha value is -2.74. The van der Waals surface area contributed by atoms with Crippen molar-refractivity contribution < 1.29 is 14.6 Å². The number of aliphatic hydroxyl groups excluding tert-OH is 1. The molecule has 2 N–H and O–H groups in total. The molecule has 2 heterocycles. The van der Waals surface area contributed by atoms with Crippen molar-refractivity contribution in [1.29, 1.82) is 0 Å². The average Bonchev–Trinajstić information content (AvgIpc) is 3.06. The van der Waals surface area contributed by atoms with Crippen molar-refractivity contribution in [1.82, 2.24) is 19.8 Å². The van der Waals surface area contributed by atoms with Crippen LogP contribution in [0.1, 0.15) is 45.4 Å². The van der Waals surface area contributed by atoms with Crippen LogP contribution in [0, 0.1) is 20.8 Å². The van der Waals surface area contributed by atoms with Crippen molar-refractivity contribution in [2.24, 2.45) is 0 Å². The molecule has 0 spiro atoms. The zero-order valence-corrected chi connectivity index (χ0v) is 18.8. The minimum atomic E-state index is -0.133. The third-order valence-corrected chi connectivity index (χ3v) is 5.62. The van der Waals surface area contributed by atoms with Crippen molar-refractivity contribution in [2.45, 2.75) is 40.7 Å². The fourth-order valence-corrected chi connectivity index (χ4v) is 3.66. The standard InChI is InChI=1S/C24H32N4O3/c1-5-20-8-6-7-17(2)22(20)15-25-28(11-13-31-14-12-29)24(30)21-9-10-23-26-18(3)19(4)27(23)16-21/h6-10,16,25,29H,5,11-15H2,1-4H3. The lowest BCUT2D eigenvalue weighted by Gasteiger charge is -2.25. The maximum absolute atomic E-state index is 13.4. The van der Waals surface area contributed by atoms with Crippen molar-refractivity contribution >= 4 is 11.6 Å². The fourth-order valence-electron chi connectivity index (χ4n) is 3.66. The molecule has 0 saturated heterocycles. The summed E-state index contributed by atoms with van der Waals surface area (Å²) in [5, 5.41) is 10.6. The van der Waals surface area contributed by atoms with Gasteiger partial charge in [0.25, 0.3) is 5.91 Å². The highest BCUT2D eigenvalue weighted by Crippen LogP contribution is 2.16. The third kappa shape index (κ3) is 5.31. The Morgan fingerprint density at radius 2 is 2.00 bits per heavy atom. The number of hydrazine groups is 1. The van der Waals surface area contributed by atoms with Gasteiger partial charge in [-0.3, -0.25) is 9.80 Å². The molecule has 1 aromatic carbocycles. The molecule has 7 heteroatoms. The number of hydrogen-bond donors (Lipinski definition) is 2. The number of benzene rings is 1. The van der Waals surface area contributed by atoms with Crippen LogP contribution < -0.4 is 5.43 Å². The topological polar surface area (TPSA) is 79.1 Å². The number of nitrogens with one attached hydrogen (secondary N) is 1. The number of carbonyl (C=O) groups is 1. The van der Waals surface area contributed by atoms with E-state index in [0.717, 1.165) is 23.5 Å². The Morgan fingerprint density at radius 1 is 1.19 bits per heavy atom. The molecule has 0 bridgehead atoms. The Bertz CT molecular complexity index is 1040. The molecular formula is C24H32N4O3. The van der Waals surface area contributed by atoms with E-state index in [-0.39, 0.29) is 19.1 Å². The van der Waals surface area contributed by atoms with Crippen molar-refractivity contribution in [3.63, 3.8) is 0 Å². The van der Waals surface area contributed by atoms with Gasteiger partial charge in [-0.2, -0.15) is 0 Å². The van der Waals surface area contributed by atoms with E-state index in [1.165, 1.54) is 16.7 Å². The molecule has 3 rings (SSSR count). The van der Waals surface area contributed by atoms with Crippen LogP contribution in [0.2, 0.25) is 0 Å². The van der Waals surface area contributed by atoms with E-state index in [4.69, 9.17) is 9.84 Å². The number of aromatic nitrogens is 2. The number of aryl methyl sites for hydroxylation is 4. The number of pyridine rings is 1. The average molecular weight is 425 g/mol. The number of hydrogen-bond acceptors (Lipinski definition) is 5. The van der Waals surface area contributed by atoms with Gasteiger partial charge in [0.05, 0.1) is 37.6 Å². The van der Waals surface area contributed by atoms with Gasteiger partial charge in [-0.15, -0.1) is 0 Å². The zero-order chi connectivity index (χ0) is 22.4. The molecule has 0 unspecified atom stereocenters. The number of rotatable bonds is 10. The molecule has 3 aromatic rings. The van der Waals surface area contributed by atoms with E-state index in [1.807, 2.05) is 30.5 Å². The molecule has 0 saturated carbocycles. The van der Waals surface area contributed by atoms with Gasteiger partial charge in [-0.05, 0) is 56.0 Å². The summed E-state index contributed by atoms with van der Waals surface area (Å²) in [5.41, 5.74) is 10.3. The van der Waals surface area contributed by atoms with Crippen LogP contribution in [0.5, 0.6) is 0 Å². The second kappa shape index (κ2) is 10.5. The Labute approximate surface area is 183 Å². The van der Waals surface area contributed by atoms with E-state index in [9.17, 15) is 4.79 Å². The van der Waals surface area contributed by atoms with Gasteiger partial charge in [-0.1, -0.05) is 25.1 Å². The minimum absolute atomic E-state index is 0.0413. The number of fused-ring (bicyclic) bond motifs is 1. The first-order valence-corrected chi connectivity index (χ1v) is 10.7. The first-order chi connectivity index (χ1) is 15.0. The summed E-state index contributed by atoms with van der Waals surface area (Å²) < 4.78 is 7.36. The predicted molar refractivity (Wildman–Crippen MR) is 121 cm³/mol. The largest absolute Gasteiger partial charge is 0.394 e. The second-order valence-corrected chi connectivity index (χ2v) is 7.62. The number of nitrogens with zero attached hydrogens (tertiary/aromatic N) is 3. The minimum Gasteiger partial charge on any atom is -0.394 e.